The average molecular weight is 280 g/mol. The van der Waals surface area contributed by atoms with Gasteiger partial charge in [0.1, 0.15) is 5.78 Å². The lowest BCUT2D eigenvalue weighted by Crippen LogP contribution is -2.32. The molecule has 1 rings (SSSR count). The van der Waals surface area contributed by atoms with Crippen molar-refractivity contribution in [1.82, 2.24) is 0 Å². The zero-order valence-electron chi connectivity index (χ0n) is 14.2. The minimum Gasteiger partial charge on any atom is -0.498 e. The number of allylic oxidation sites excluding steroid dienone is 1. The van der Waals surface area contributed by atoms with E-state index in [1.54, 1.807) is 0 Å². The molecule has 1 aliphatic rings. The minimum atomic E-state index is -0.200. The molecule has 0 aliphatic heterocycles. The molecule has 116 valence electrons. The Morgan fingerprint density at radius 2 is 1.50 bits per heavy atom. The summed E-state index contributed by atoms with van der Waals surface area (Å²) in [6, 6.07) is 0. The summed E-state index contributed by atoms with van der Waals surface area (Å²) in [7, 11) is 0. The summed E-state index contributed by atoms with van der Waals surface area (Å²) in [5, 5.41) is 0. The Morgan fingerprint density at radius 3 is 1.90 bits per heavy atom. The molecule has 0 radical (unpaired) electrons. The SMILES string of the molecule is C=C(OCC1CCC(C(=O)C(C)(C)C)CC1)C(C)(C)C. The van der Waals surface area contributed by atoms with Crippen molar-refractivity contribution in [2.24, 2.45) is 22.7 Å². The number of hydrogen-bond acceptors (Lipinski definition) is 2. The molecule has 2 heteroatoms. The number of carbonyl (C=O) groups excluding carboxylic acids is 1. The first-order valence-electron chi connectivity index (χ1n) is 7.88. The molecule has 0 unspecified atom stereocenters. The molecule has 0 saturated heterocycles. The van der Waals surface area contributed by atoms with E-state index in [0.717, 1.165) is 38.0 Å². The second-order valence-electron chi connectivity index (χ2n) is 8.32. The summed E-state index contributed by atoms with van der Waals surface area (Å²) in [6.45, 7) is 17.2. The van der Waals surface area contributed by atoms with E-state index in [-0.39, 0.29) is 16.7 Å². The van der Waals surface area contributed by atoms with Crippen molar-refractivity contribution in [3.05, 3.63) is 12.3 Å². The van der Waals surface area contributed by atoms with Crippen LogP contribution in [0.5, 0.6) is 0 Å². The number of Topliss-reactive ketones (excluding diaryl/α,β-unsaturated/α-hetero) is 1. The van der Waals surface area contributed by atoms with E-state index >= 15 is 0 Å². The summed E-state index contributed by atoms with van der Waals surface area (Å²) >= 11 is 0. The van der Waals surface area contributed by atoms with Crippen LogP contribution in [0.15, 0.2) is 12.3 Å². The van der Waals surface area contributed by atoms with Crippen molar-refractivity contribution < 1.29 is 9.53 Å². The number of ether oxygens (including phenoxy) is 1. The van der Waals surface area contributed by atoms with Crippen molar-refractivity contribution in [3.8, 4) is 0 Å². The summed E-state index contributed by atoms with van der Waals surface area (Å²) in [5.41, 5.74) is -0.187. The van der Waals surface area contributed by atoms with Gasteiger partial charge in [0.25, 0.3) is 0 Å². The highest BCUT2D eigenvalue weighted by Crippen LogP contribution is 2.35. The zero-order valence-corrected chi connectivity index (χ0v) is 14.2. The van der Waals surface area contributed by atoms with Crippen molar-refractivity contribution >= 4 is 5.78 Å². The zero-order chi connectivity index (χ0) is 15.6. The molecule has 0 aromatic heterocycles. The molecule has 0 aromatic carbocycles. The van der Waals surface area contributed by atoms with E-state index < -0.39 is 0 Å². The van der Waals surface area contributed by atoms with Gasteiger partial charge in [-0.2, -0.15) is 0 Å². The van der Waals surface area contributed by atoms with Crippen LogP contribution in [-0.4, -0.2) is 12.4 Å². The van der Waals surface area contributed by atoms with Crippen LogP contribution in [0.1, 0.15) is 67.2 Å². The lowest BCUT2D eigenvalue weighted by atomic mass is 9.74. The molecule has 0 atom stereocenters. The number of rotatable bonds is 4. The number of hydrogen-bond donors (Lipinski definition) is 0. The predicted molar refractivity (Wildman–Crippen MR) is 84.5 cm³/mol. The third kappa shape index (κ3) is 4.96. The Labute approximate surface area is 125 Å². The second-order valence-corrected chi connectivity index (χ2v) is 8.32. The maximum atomic E-state index is 12.3. The third-order valence-corrected chi connectivity index (χ3v) is 4.29. The standard InChI is InChI=1S/C18H32O2/c1-13(17(2,3)4)20-12-14-8-10-15(11-9-14)16(19)18(5,6)7/h14-15H,1,8-12H2,2-7H3. The van der Waals surface area contributed by atoms with Gasteiger partial charge in [-0.1, -0.05) is 48.1 Å². The van der Waals surface area contributed by atoms with Crippen LogP contribution in [0.3, 0.4) is 0 Å². The molecule has 1 saturated carbocycles. The van der Waals surface area contributed by atoms with Gasteiger partial charge in [-0.25, -0.2) is 0 Å². The van der Waals surface area contributed by atoms with Crippen molar-refractivity contribution in [2.45, 2.75) is 67.2 Å². The largest absolute Gasteiger partial charge is 0.498 e. The molecule has 1 fully saturated rings. The molecular formula is C18H32O2. The van der Waals surface area contributed by atoms with Crippen molar-refractivity contribution in [1.29, 1.82) is 0 Å². The van der Waals surface area contributed by atoms with Crippen LogP contribution in [0.25, 0.3) is 0 Å². The van der Waals surface area contributed by atoms with Crippen LogP contribution in [-0.2, 0) is 9.53 Å². The van der Waals surface area contributed by atoms with Gasteiger partial charge >= 0.3 is 0 Å². The van der Waals surface area contributed by atoms with Crippen LogP contribution in [0.4, 0.5) is 0 Å². The fourth-order valence-electron chi connectivity index (χ4n) is 2.64. The molecule has 1 aliphatic carbocycles. The van der Waals surface area contributed by atoms with Gasteiger partial charge in [-0.3, -0.25) is 4.79 Å². The molecule has 0 aromatic rings. The molecule has 20 heavy (non-hydrogen) atoms. The van der Waals surface area contributed by atoms with E-state index in [4.69, 9.17) is 4.74 Å². The van der Waals surface area contributed by atoms with Crippen molar-refractivity contribution in [3.63, 3.8) is 0 Å². The summed E-state index contributed by atoms with van der Waals surface area (Å²) in [6.07, 6.45) is 4.24. The third-order valence-electron chi connectivity index (χ3n) is 4.29. The van der Waals surface area contributed by atoms with Crippen molar-refractivity contribution in [2.75, 3.05) is 6.61 Å². The van der Waals surface area contributed by atoms with Gasteiger partial charge in [-0.05, 0) is 31.6 Å². The van der Waals surface area contributed by atoms with Gasteiger partial charge in [0.15, 0.2) is 0 Å². The van der Waals surface area contributed by atoms with Gasteiger partial charge in [0, 0.05) is 16.7 Å². The topological polar surface area (TPSA) is 26.3 Å². The first kappa shape index (κ1) is 17.3. The minimum absolute atomic E-state index is 0.0133. The lowest BCUT2D eigenvalue weighted by Gasteiger charge is -2.32. The molecule has 0 heterocycles. The summed E-state index contributed by atoms with van der Waals surface area (Å²) in [5.74, 6) is 2.14. The first-order chi connectivity index (χ1) is 9.01. The maximum Gasteiger partial charge on any atom is 0.141 e. The van der Waals surface area contributed by atoms with Gasteiger partial charge in [-0.15, -0.1) is 0 Å². The van der Waals surface area contributed by atoms with Crippen LogP contribution >= 0.6 is 0 Å². The van der Waals surface area contributed by atoms with Crippen LogP contribution < -0.4 is 0 Å². The maximum absolute atomic E-state index is 12.3. The Balaban J connectivity index is 2.37. The fourth-order valence-corrected chi connectivity index (χ4v) is 2.64. The average Bonchev–Trinajstić information content (AvgIpc) is 2.33. The molecule has 0 N–H and O–H groups in total. The van der Waals surface area contributed by atoms with Crippen LogP contribution in [0.2, 0.25) is 0 Å². The lowest BCUT2D eigenvalue weighted by molar-refractivity contribution is -0.131. The van der Waals surface area contributed by atoms with Gasteiger partial charge < -0.3 is 4.74 Å². The quantitative estimate of drug-likeness (QED) is 0.678. The van der Waals surface area contributed by atoms with E-state index in [2.05, 4.69) is 27.4 Å². The highest BCUT2D eigenvalue weighted by Gasteiger charge is 2.33. The Hall–Kier alpha value is -0.790. The number of ketones is 1. The predicted octanol–water partition coefficient (Wildman–Crippen LogP) is 4.98. The van der Waals surface area contributed by atoms with E-state index in [9.17, 15) is 4.79 Å². The highest BCUT2D eigenvalue weighted by atomic mass is 16.5. The van der Waals surface area contributed by atoms with Gasteiger partial charge in [0.05, 0.1) is 12.4 Å². The highest BCUT2D eigenvalue weighted by molar-refractivity contribution is 5.85. The second kappa shape index (κ2) is 6.32. The van der Waals surface area contributed by atoms with E-state index in [0.29, 0.717) is 11.7 Å². The first-order valence-corrected chi connectivity index (χ1v) is 7.88. The van der Waals surface area contributed by atoms with E-state index in [1.807, 2.05) is 20.8 Å². The summed E-state index contributed by atoms with van der Waals surface area (Å²) in [4.78, 5) is 12.3. The smallest absolute Gasteiger partial charge is 0.141 e. The fraction of sp³-hybridized carbons (Fsp3) is 0.833. The normalized spacial score (nSPS) is 24.3. The molecule has 0 spiro atoms. The van der Waals surface area contributed by atoms with E-state index in [1.165, 1.54) is 0 Å². The Morgan fingerprint density at radius 1 is 1.00 bits per heavy atom. The Bertz CT molecular complexity index is 347. The summed E-state index contributed by atoms with van der Waals surface area (Å²) < 4.78 is 5.83. The molecule has 0 amide bonds. The monoisotopic (exact) mass is 280 g/mol. The molecule has 0 bridgehead atoms. The Kier molecular flexibility index (Phi) is 5.46. The molecular weight excluding hydrogens is 248 g/mol. The molecule has 2 nitrogen and oxygen atoms in total. The van der Waals surface area contributed by atoms with Gasteiger partial charge in [0.2, 0.25) is 0 Å². The van der Waals surface area contributed by atoms with Crippen LogP contribution in [0, 0.1) is 22.7 Å². The number of carbonyl (C=O) groups is 1.